The third-order valence-electron chi connectivity index (χ3n) is 3.40. The van der Waals surface area contributed by atoms with E-state index >= 15 is 0 Å². The zero-order valence-corrected chi connectivity index (χ0v) is 13.9. The number of nitrogens with one attached hydrogen (secondary N) is 2. The van der Waals surface area contributed by atoms with E-state index in [4.69, 9.17) is 19.1 Å². The van der Waals surface area contributed by atoms with Crippen LogP contribution in [0.4, 0.5) is 17.2 Å². The fourth-order valence-corrected chi connectivity index (χ4v) is 2.31. The molecule has 0 fully saturated rings. The molecule has 0 unspecified atom stereocenters. The van der Waals surface area contributed by atoms with Crippen molar-refractivity contribution in [2.75, 3.05) is 25.1 Å². The molecule has 0 atom stereocenters. The van der Waals surface area contributed by atoms with Crippen LogP contribution in [0, 0.1) is 6.92 Å². The van der Waals surface area contributed by atoms with Gasteiger partial charge in [0.05, 0.1) is 24.0 Å². The summed E-state index contributed by atoms with van der Waals surface area (Å²) in [5, 5.41) is 16.1. The Labute approximate surface area is 153 Å². The molecular formula is C16H17N7O3. The number of nitrogen functional groups attached to an aromatic ring is 1. The van der Waals surface area contributed by atoms with Crippen LogP contribution in [0.2, 0.25) is 0 Å². The number of aryl methyl sites for hydroxylation is 1. The van der Waals surface area contributed by atoms with Crippen LogP contribution in [-0.4, -0.2) is 40.3 Å². The number of ether oxygens (including phenoxy) is 1. The molecule has 0 aliphatic rings. The Kier molecular flexibility index (Phi) is 3.68. The number of hydrogen-bond donors (Lipinski definition) is 3. The van der Waals surface area contributed by atoms with Crippen LogP contribution in [0.25, 0.3) is 11.4 Å². The van der Waals surface area contributed by atoms with Gasteiger partial charge in [-0.2, -0.15) is 4.98 Å². The molecule has 134 valence electrons. The highest BCUT2D eigenvalue weighted by molar-refractivity contribution is 5.98. The number of carbonyl (C=O) groups is 1. The Morgan fingerprint density at radius 3 is 2.88 bits per heavy atom. The number of benzene rings is 1. The molecule has 0 spiro atoms. The normalized spacial score (nSPS) is 12.6. The van der Waals surface area contributed by atoms with Gasteiger partial charge in [-0.05, 0) is 12.1 Å². The third-order valence-corrected chi connectivity index (χ3v) is 3.40. The third kappa shape index (κ3) is 3.24. The topological polar surface area (TPSA) is 141 Å². The second-order valence-electron chi connectivity index (χ2n) is 5.13. The van der Waals surface area contributed by atoms with E-state index in [9.17, 15) is 4.79 Å². The highest BCUT2D eigenvalue weighted by Gasteiger charge is 2.19. The van der Waals surface area contributed by atoms with Crippen molar-refractivity contribution in [1.29, 1.82) is 0 Å². The lowest BCUT2D eigenvalue weighted by Crippen LogP contribution is -2.21. The molecule has 10 nitrogen and oxygen atoms in total. The molecule has 3 rings (SSSR count). The standard InChI is InChI=1S/C16H17N7O3/c1-8-19-15(23-26-8)9-5-4-6-10(14(9)25-3)20-11-7-12(17)21-22-13(11)16(24)18-2/h4-7H,1-3H3,(H,18,24)(H3,17,20,21)/i2D3. The first-order valence-electron chi connectivity index (χ1n) is 8.88. The summed E-state index contributed by atoms with van der Waals surface area (Å²) in [6, 6.07) is 6.48. The summed E-state index contributed by atoms with van der Waals surface area (Å²) in [5.74, 6) is 0.155. The largest absolute Gasteiger partial charge is 0.494 e. The van der Waals surface area contributed by atoms with Gasteiger partial charge >= 0.3 is 0 Å². The summed E-state index contributed by atoms with van der Waals surface area (Å²) in [6.45, 7) is -1.03. The minimum absolute atomic E-state index is 0.0295. The van der Waals surface area contributed by atoms with Crippen LogP contribution in [0.1, 0.15) is 20.5 Å². The first kappa shape index (κ1) is 13.6. The number of para-hydroxylation sites is 1. The van der Waals surface area contributed by atoms with Crippen molar-refractivity contribution in [2.24, 2.45) is 0 Å². The van der Waals surface area contributed by atoms with Gasteiger partial charge in [0.1, 0.15) is 5.82 Å². The van der Waals surface area contributed by atoms with Gasteiger partial charge in [0.2, 0.25) is 11.7 Å². The summed E-state index contributed by atoms with van der Waals surface area (Å²) in [4.78, 5) is 16.5. The van der Waals surface area contributed by atoms with E-state index in [0.29, 0.717) is 28.7 Å². The SMILES string of the molecule is [2H]C([2H])([2H])NC(=O)c1nnc(N)cc1Nc1cccc(-c2noc(C)n2)c1OC. The van der Waals surface area contributed by atoms with Gasteiger partial charge in [0, 0.05) is 24.1 Å². The second kappa shape index (κ2) is 7.05. The predicted molar refractivity (Wildman–Crippen MR) is 94.1 cm³/mol. The van der Waals surface area contributed by atoms with Gasteiger partial charge in [0.25, 0.3) is 5.91 Å². The van der Waals surface area contributed by atoms with Gasteiger partial charge in [0.15, 0.2) is 11.4 Å². The number of amides is 1. The molecule has 4 N–H and O–H groups in total. The fraction of sp³-hybridized carbons (Fsp3) is 0.188. The van der Waals surface area contributed by atoms with Gasteiger partial charge < -0.3 is 25.6 Å². The first-order chi connectivity index (χ1) is 13.7. The van der Waals surface area contributed by atoms with Crippen molar-refractivity contribution in [3.8, 4) is 17.1 Å². The van der Waals surface area contributed by atoms with Crippen LogP contribution in [0.5, 0.6) is 5.75 Å². The minimum atomic E-state index is -2.69. The van der Waals surface area contributed by atoms with E-state index in [2.05, 4.69) is 25.7 Å². The molecule has 0 aliphatic carbocycles. The fourth-order valence-electron chi connectivity index (χ4n) is 2.31. The number of hydrogen-bond acceptors (Lipinski definition) is 9. The molecule has 3 aromatic rings. The lowest BCUT2D eigenvalue weighted by atomic mass is 10.1. The molecule has 0 saturated heterocycles. The summed E-state index contributed by atoms with van der Waals surface area (Å²) >= 11 is 0. The molecule has 0 bridgehead atoms. The van der Waals surface area contributed by atoms with E-state index in [-0.39, 0.29) is 17.2 Å². The highest BCUT2D eigenvalue weighted by atomic mass is 16.5. The van der Waals surface area contributed by atoms with Crippen LogP contribution < -0.4 is 21.1 Å². The van der Waals surface area contributed by atoms with Crippen molar-refractivity contribution in [2.45, 2.75) is 6.92 Å². The maximum atomic E-state index is 12.3. The number of nitrogens with zero attached hydrogens (tertiary/aromatic N) is 4. The Hall–Kier alpha value is -3.69. The molecule has 2 aromatic heterocycles. The Balaban J connectivity index is 2.02. The van der Waals surface area contributed by atoms with Crippen LogP contribution >= 0.6 is 0 Å². The number of carbonyl (C=O) groups excluding carboxylic acids is 1. The molecule has 0 saturated carbocycles. The maximum Gasteiger partial charge on any atom is 0.273 e. The quantitative estimate of drug-likeness (QED) is 0.619. The average molecular weight is 358 g/mol. The summed E-state index contributed by atoms with van der Waals surface area (Å²) in [5.41, 5.74) is 6.54. The van der Waals surface area contributed by atoms with E-state index in [1.54, 1.807) is 25.1 Å². The van der Waals surface area contributed by atoms with Crippen molar-refractivity contribution in [3.63, 3.8) is 0 Å². The molecule has 1 aromatic carbocycles. The highest BCUT2D eigenvalue weighted by Crippen LogP contribution is 2.37. The molecular weight excluding hydrogens is 338 g/mol. The van der Waals surface area contributed by atoms with E-state index in [1.807, 2.05) is 5.32 Å². The smallest absolute Gasteiger partial charge is 0.273 e. The van der Waals surface area contributed by atoms with Crippen LogP contribution in [0.3, 0.4) is 0 Å². The van der Waals surface area contributed by atoms with Crippen LogP contribution in [-0.2, 0) is 0 Å². The van der Waals surface area contributed by atoms with Gasteiger partial charge in [-0.15, -0.1) is 10.2 Å². The zero-order valence-electron chi connectivity index (χ0n) is 16.9. The minimum Gasteiger partial charge on any atom is -0.494 e. The molecule has 2 heterocycles. The number of anilines is 3. The van der Waals surface area contributed by atoms with Gasteiger partial charge in [-0.25, -0.2) is 0 Å². The van der Waals surface area contributed by atoms with Crippen molar-refractivity contribution < 1.29 is 18.2 Å². The number of methoxy groups -OCH3 is 1. The van der Waals surface area contributed by atoms with Crippen molar-refractivity contribution in [1.82, 2.24) is 25.7 Å². The van der Waals surface area contributed by atoms with Gasteiger partial charge in [-0.3, -0.25) is 4.79 Å². The average Bonchev–Trinajstić information content (AvgIpc) is 3.06. The zero-order chi connectivity index (χ0) is 21.2. The predicted octanol–water partition coefficient (Wildman–Crippen LogP) is 1.53. The number of rotatable bonds is 5. The molecule has 26 heavy (non-hydrogen) atoms. The molecule has 1 amide bonds. The lowest BCUT2D eigenvalue weighted by Gasteiger charge is -2.15. The summed E-state index contributed by atoms with van der Waals surface area (Å²) in [6.07, 6.45) is 0. The Bertz CT molecular complexity index is 1050. The first-order valence-corrected chi connectivity index (χ1v) is 7.38. The molecule has 10 heteroatoms. The molecule has 0 aliphatic heterocycles. The maximum absolute atomic E-state index is 12.3. The van der Waals surface area contributed by atoms with Crippen LogP contribution in [0.15, 0.2) is 28.8 Å². The van der Waals surface area contributed by atoms with Crippen molar-refractivity contribution in [3.05, 3.63) is 35.9 Å². The summed E-state index contributed by atoms with van der Waals surface area (Å²) in [7, 11) is 1.46. The Morgan fingerprint density at radius 1 is 1.35 bits per heavy atom. The number of nitrogens with two attached hydrogens (primary N) is 1. The van der Waals surface area contributed by atoms with E-state index in [1.165, 1.54) is 13.2 Å². The van der Waals surface area contributed by atoms with Crippen molar-refractivity contribution >= 4 is 23.1 Å². The summed E-state index contributed by atoms with van der Waals surface area (Å²) < 4.78 is 32.1. The van der Waals surface area contributed by atoms with E-state index in [0.717, 1.165) is 0 Å². The monoisotopic (exact) mass is 358 g/mol. The lowest BCUT2D eigenvalue weighted by molar-refractivity contribution is 0.0958. The second-order valence-corrected chi connectivity index (χ2v) is 5.13. The molecule has 0 radical (unpaired) electrons. The van der Waals surface area contributed by atoms with Gasteiger partial charge in [-0.1, -0.05) is 11.2 Å². The van der Waals surface area contributed by atoms with E-state index < -0.39 is 12.9 Å². The number of aromatic nitrogens is 4. The Morgan fingerprint density at radius 2 is 2.19 bits per heavy atom.